The van der Waals surface area contributed by atoms with Crippen molar-refractivity contribution in [1.29, 1.82) is 0 Å². The van der Waals surface area contributed by atoms with Crippen LogP contribution in [-0.2, 0) is 9.53 Å². The highest BCUT2D eigenvalue weighted by Gasteiger charge is 2.27. The van der Waals surface area contributed by atoms with Crippen molar-refractivity contribution in [1.82, 2.24) is 0 Å². The fourth-order valence-corrected chi connectivity index (χ4v) is 4.51. The monoisotopic (exact) mass is 459 g/mol. The molecule has 1 saturated heterocycles. The van der Waals surface area contributed by atoms with Gasteiger partial charge in [-0.2, -0.15) is 0 Å². The van der Waals surface area contributed by atoms with E-state index in [0.717, 1.165) is 43.2 Å². The number of hydrogen-bond donors (Lipinski definition) is 2. The first kappa shape index (κ1) is 22.0. The standard InChI is InChI=1S/C27H26FN3O3/c1-17(29-19-7-9-20(10-8-19)31-12-14-34-15-13-31)25-21-16-18(6-11-23(21)30-27(25)32)26-22(28)4-3-5-24(26)33-2/h3-11,16,29H,12-15H2,1-2H3,(H,30,32)/b25-17-. The normalized spacial score (nSPS) is 16.7. The van der Waals surface area contributed by atoms with E-state index in [-0.39, 0.29) is 11.7 Å². The summed E-state index contributed by atoms with van der Waals surface area (Å²) in [6, 6.07) is 18.3. The summed E-state index contributed by atoms with van der Waals surface area (Å²) in [5.41, 5.74) is 5.71. The molecule has 0 bridgehead atoms. The summed E-state index contributed by atoms with van der Waals surface area (Å²) in [6.07, 6.45) is 0. The van der Waals surface area contributed by atoms with Gasteiger partial charge in [0.1, 0.15) is 11.6 Å². The Kier molecular flexibility index (Phi) is 5.94. The number of hydrogen-bond acceptors (Lipinski definition) is 5. The molecule has 3 aromatic carbocycles. The Morgan fingerprint density at radius 3 is 2.59 bits per heavy atom. The number of carbonyl (C=O) groups is 1. The lowest BCUT2D eigenvalue weighted by atomic mass is 9.97. The summed E-state index contributed by atoms with van der Waals surface area (Å²) < 4.78 is 25.5. The number of amides is 1. The van der Waals surface area contributed by atoms with Gasteiger partial charge in [-0.3, -0.25) is 4.79 Å². The van der Waals surface area contributed by atoms with Crippen molar-refractivity contribution in [2.24, 2.45) is 0 Å². The molecule has 0 atom stereocenters. The third-order valence-electron chi connectivity index (χ3n) is 6.20. The van der Waals surface area contributed by atoms with E-state index in [1.807, 2.05) is 25.1 Å². The van der Waals surface area contributed by atoms with Crippen molar-refractivity contribution in [2.75, 3.05) is 48.9 Å². The number of nitrogens with one attached hydrogen (secondary N) is 2. The fourth-order valence-electron chi connectivity index (χ4n) is 4.51. The molecular formula is C27H26FN3O3. The van der Waals surface area contributed by atoms with E-state index in [2.05, 4.69) is 27.7 Å². The van der Waals surface area contributed by atoms with E-state index >= 15 is 0 Å². The average molecular weight is 460 g/mol. The van der Waals surface area contributed by atoms with Crippen LogP contribution in [0.2, 0.25) is 0 Å². The zero-order valence-electron chi connectivity index (χ0n) is 19.2. The van der Waals surface area contributed by atoms with Crippen LogP contribution in [0.1, 0.15) is 12.5 Å². The summed E-state index contributed by atoms with van der Waals surface area (Å²) in [5.74, 6) is -0.127. The lowest BCUT2D eigenvalue weighted by molar-refractivity contribution is -0.110. The second-order valence-corrected chi connectivity index (χ2v) is 8.30. The number of rotatable bonds is 5. The van der Waals surface area contributed by atoms with Gasteiger partial charge >= 0.3 is 0 Å². The smallest absolute Gasteiger partial charge is 0.258 e. The lowest BCUT2D eigenvalue weighted by Crippen LogP contribution is -2.36. The molecule has 1 amide bonds. The molecule has 0 spiro atoms. The van der Waals surface area contributed by atoms with Crippen LogP contribution in [-0.4, -0.2) is 39.3 Å². The zero-order valence-corrected chi connectivity index (χ0v) is 19.2. The van der Waals surface area contributed by atoms with Gasteiger partial charge in [0.15, 0.2) is 0 Å². The molecule has 2 aliphatic rings. The maximum absolute atomic E-state index is 14.7. The molecule has 2 N–H and O–H groups in total. The maximum atomic E-state index is 14.7. The first-order valence-electron chi connectivity index (χ1n) is 11.2. The van der Waals surface area contributed by atoms with E-state index in [1.54, 1.807) is 24.3 Å². The second kappa shape index (κ2) is 9.19. The molecule has 2 heterocycles. The number of allylic oxidation sites excluding steroid dienone is 1. The fraction of sp³-hybridized carbons (Fsp3) is 0.222. The highest BCUT2D eigenvalue weighted by molar-refractivity contribution is 6.32. The minimum atomic E-state index is -0.377. The Morgan fingerprint density at radius 2 is 1.85 bits per heavy atom. The predicted molar refractivity (Wildman–Crippen MR) is 133 cm³/mol. The van der Waals surface area contributed by atoms with Gasteiger partial charge in [-0.1, -0.05) is 12.1 Å². The van der Waals surface area contributed by atoms with Crippen molar-refractivity contribution in [3.63, 3.8) is 0 Å². The molecule has 0 saturated carbocycles. The Balaban J connectivity index is 1.45. The third-order valence-corrected chi connectivity index (χ3v) is 6.20. The molecule has 0 aromatic heterocycles. The van der Waals surface area contributed by atoms with Crippen LogP contribution in [0.3, 0.4) is 0 Å². The quantitative estimate of drug-likeness (QED) is 0.518. The number of anilines is 3. The van der Waals surface area contributed by atoms with Crippen molar-refractivity contribution in [3.05, 3.63) is 77.7 Å². The van der Waals surface area contributed by atoms with Crippen molar-refractivity contribution >= 4 is 28.5 Å². The van der Waals surface area contributed by atoms with E-state index in [9.17, 15) is 9.18 Å². The summed E-state index contributed by atoms with van der Waals surface area (Å²) in [6.45, 7) is 5.10. The van der Waals surface area contributed by atoms with Crippen molar-refractivity contribution < 1.29 is 18.7 Å². The van der Waals surface area contributed by atoms with Crippen LogP contribution in [0.4, 0.5) is 21.5 Å². The molecule has 174 valence electrons. The van der Waals surface area contributed by atoms with E-state index < -0.39 is 0 Å². The molecule has 2 aliphatic heterocycles. The van der Waals surface area contributed by atoms with E-state index in [1.165, 1.54) is 13.2 Å². The Morgan fingerprint density at radius 1 is 1.09 bits per heavy atom. The van der Waals surface area contributed by atoms with Crippen LogP contribution in [0.15, 0.2) is 66.4 Å². The van der Waals surface area contributed by atoms with Gasteiger partial charge in [0.2, 0.25) is 0 Å². The molecule has 34 heavy (non-hydrogen) atoms. The van der Waals surface area contributed by atoms with Gasteiger partial charge in [0.05, 0.1) is 31.5 Å². The van der Waals surface area contributed by atoms with Crippen LogP contribution >= 0.6 is 0 Å². The molecule has 6 nitrogen and oxygen atoms in total. The topological polar surface area (TPSA) is 62.8 Å². The SMILES string of the molecule is COc1cccc(F)c1-c1ccc2c(c1)/C(=C(\C)Nc1ccc(N3CCOCC3)cc1)C(=O)N2. The van der Waals surface area contributed by atoms with Crippen molar-refractivity contribution in [3.8, 4) is 16.9 Å². The van der Waals surface area contributed by atoms with E-state index in [0.29, 0.717) is 33.8 Å². The minimum absolute atomic E-state index is 0.192. The molecule has 0 aliphatic carbocycles. The summed E-state index contributed by atoms with van der Waals surface area (Å²) in [7, 11) is 1.51. The minimum Gasteiger partial charge on any atom is -0.496 e. The molecule has 0 radical (unpaired) electrons. The van der Waals surface area contributed by atoms with Crippen LogP contribution in [0.5, 0.6) is 5.75 Å². The van der Waals surface area contributed by atoms with Crippen LogP contribution < -0.4 is 20.3 Å². The average Bonchev–Trinajstić information content (AvgIpc) is 3.19. The highest BCUT2D eigenvalue weighted by Crippen LogP contribution is 2.40. The third kappa shape index (κ3) is 4.10. The van der Waals surface area contributed by atoms with E-state index in [4.69, 9.17) is 9.47 Å². The van der Waals surface area contributed by atoms with Gasteiger partial charge in [0, 0.05) is 41.4 Å². The van der Waals surface area contributed by atoms with Gasteiger partial charge in [-0.05, 0) is 61.0 Å². The van der Waals surface area contributed by atoms with Gasteiger partial charge in [0.25, 0.3) is 5.91 Å². The largest absolute Gasteiger partial charge is 0.496 e. The molecule has 3 aromatic rings. The number of methoxy groups -OCH3 is 1. The number of fused-ring (bicyclic) bond motifs is 1. The summed E-state index contributed by atoms with van der Waals surface area (Å²) >= 11 is 0. The number of nitrogens with zero attached hydrogens (tertiary/aromatic N) is 1. The number of ether oxygens (including phenoxy) is 2. The molecular weight excluding hydrogens is 433 g/mol. The van der Waals surface area contributed by atoms with Crippen molar-refractivity contribution in [2.45, 2.75) is 6.92 Å². The Labute approximate surface area is 198 Å². The van der Waals surface area contributed by atoms with Crippen LogP contribution in [0.25, 0.3) is 16.7 Å². The Hall–Kier alpha value is -3.84. The number of carbonyl (C=O) groups excluding carboxylic acids is 1. The zero-order chi connectivity index (χ0) is 23.7. The predicted octanol–water partition coefficient (Wildman–Crippen LogP) is 5.13. The number of morpholine rings is 1. The summed E-state index contributed by atoms with van der Waals surface area (Å²) in [5, 5.41) is 6.26. The highest BCUT2D eigenvalue weighted by atomic mass is 19.1. The first-order valence-corrected chi connectivity index (χ1v) is 11.2. The van der Waals surface area contributed by atoms with Crippen LogP contribution in [0, 0.1) is 5.82 Å². The number of halogens is 1. The van der Waals surface area contributed by atoms with Gasteiger partial charge < -0.3 is 25.0 Å². The van der Waals surface area contributed by atoms with Gasteiger partial charge in [-0.15, -0.1) is 0 Å². The molecule has 5 rings (SSSR count). The molecule has 1 fully saturated rings. The first-order chi connectivity index (χ1) is 16.5. The Bertz CT molecular complexity index is 1260. The summed E-state index contributed by atoms with van der Waals surface area (Å²) in [4.78, 5) is 15.1. The second-order valence-electron chi connectivity index (χ2n) is 8.30. The number of benzene rings is 3. The van der Waals surface area contributed by atoms with Gasteiger partial charge in [-0.25, -0.2) is 4.39 Å². The lowest BCUT2D eigenvalue weighted by Gasteiger charge is -2.29. The molecule has 0 unspecified atom stereocenters. The maximum Gasteiger partial charge on any atom is 0.258 e. The molecule has 7 heteroatoms.